The molecular formula is C16H31NO2. The van der Waals surface area contributed by atoms with Crippen LogP contribution in [0.4, 0.5) is 0 Å². The summed E-state index contributed by atoms with van der Waals surface area (Å²) in [5, 5.41) is 3.44. The van der Waals surface area contributed by atoms with Gasteiger partial charge in [0.1, 0.15) is 0 Å². The lowest BCUT2D eigenvalue weighted by Crippen LogP contribution is -2.29. The lowest BCUT2D eigenvalue weighted by molar-refractivity contribution is -0.0528. The first-order valence-electron chi connectivity index (χ1n) is 8.25. The maximum atomic E-state index is 6.04. The molecule has 2 fully saturated rings. The average Bonchev–Trinajstić information content (AvgIpc) is 2.86. The van der Waals surface area contributed by atoms with Crippen molar-refractivity contribution in [1.82, 2.24) is 5.32 Å². The Morgan fingerprint density at radius 3 is 2.53 bits per heavy atom. The molecule has 0 aromatic rings. The normalized spacial score (nSPS) is 35.7. The zero-order valence-corrected chi connectivity index (χ0v) is 12.7. The Morgan fingerprint density at radius 1 is 1.05 bits per heavy atom. The largest absolute Gasteiger partial charge is 0.376 e. The topological polar surface area (TPSA) is 30.5 Å². The van der Waals surface area contributed by atoms with Crippen LogP contribution in [0.15, 0.2) is 0 Å². The lowest BCUT2D eigenvalue weighted by Gasteiger charge is -2.27. The second kappa shape index (κ2) is 8.23. The maximum absolute atomic E-state index is 6.04. The molecule has 0 radical (unpaired) electrons. The number of ether oxygens (including phenoxy) is 2. The van der Waals surface area contributed by atoms with E-state index in [0.29, 0.717) is 18.3 Å². The average molecular weight is 269 g/mol. The molecule has 1 aliphatic carbocycles. The van der Waals surface area contributed by atoms with Crippen molar-refractivity contribution in [2.45, 2.75) is 77.1 Å². The van der Waals surface area contributed by atoms with Gasteiger partial charge in [-0.3, -0.25) is 0 Å². The van der Waals surface area contributed by atoms with E-state index in [1.807, 2.05) is 0 Å². The first-order chi connectivity index (χ1) is 9.28. The third-order valence-electron chi connectivity index (χ3n) is 4.48. The van der Waals surface area contributed by atoms with Gasteiger partial charge in [-0.15, -0.1) is 0 Å². The summed E-state index contributed by atoms with van der Waals surface area (Å²) in [6, 6.07) is 0. The molecule has 1 saturated heterocycles. The van der Waals surface area contributed by atoms with Gasteiger partial charge in [0.25, 0.3) is 0 Å². The molecule has 1 saturated carbocycles. The van der Waals surface area contributed by atoms with Crippen LogP contribution < -0.4 is 5.32 Å². The van der Waals surface area contributed by atoms with Crippen LogP contribution in [-0.4, -0.2) is 38.0 Å². The predicted octanol–water partition coefficient (Wildman–Crippen LogP) is 3.13. The van der Waals surface area contributed by atoms with E-state index in [9.17, 15) is 0 Å². The third-order valence-corrected chi connectivity index (χ3v) is 4.48. The Morgan fingerprint density at radius 2 is 1.79 bits per heavy atom. The van der Waals surface area contributed by atoms with E-state index in [1.165, 1.54) is 44.9 Å². The van der Waals surface area contributed by atoms with Gasteiger partial charge in [0.15, 0.2) is 0 Å². The molecule has 0 aromatic heterocycles. The van der Waals surface area contributed by atoms with Gasteiger partial charge in [-0.2, -0.15) is 0 Å². The highest BCUT2D eigenvalue weighted by Crippen LogP contribution is 2.27. The highest BCUT2D eigenvalue weighted by atomic mass is 16.5. The van der Waals surface area contributed by atoms with Crippen molar-refractivity contribution < 1.29 is 9.47 Å². The summed E-state index contributed by atoms with van der Waals surface area (Å²) < 4.78 is 12.1. The summed E-state index contributed by atoms with van der Waals surface area (Å²) in [5.74, 6) is 0.900. The van der Waals surface area contributed by atoms with Gasteiger partial charge in [0.2, 0.25) is 0 Å². The van der Waals surface area contributed by atoms with Crippen molar-refractivity contribution in [1.29, 1.82) is 0 Å². The Bertz CT molecular complexity index is 239. The molecule has 0 aromatic carbocycles. The number of hydrogen-bond acceptors (Lipinski definition) is 3. The van der Waals surface area contributed by atoms with Crippen LogP contribution in [0.2, 0.25) is 0 Å². The van der Waals surface area contributed by atoms with E-state index in [4.69, 9.17) is 9.47 Å². The second-order valence-corrected chi connectivity index (χ2v) is 6.38. The van der Waals surface area contributed by atoms with Crippen LogP contribution in [0.25, 0.3) is 0 Å². The molecule has 0 bridgehead atoms. The summed E-state index contributed by atoms with van der Waals surface area (Å²) >= 11 is 0. The molecule has 19 heavy (non-hydrogen) atoms. The first kappa shape index (κ1) is 15.3. The van der Waals surface area contributed by atoms with Gasteiger partial charge in [-0.25, -0.2) is 0 Å². The van der Waals surface area contributed by atoms with E-state index in [-0.39, 0.29) is 0 Å². The fraction of sp³-hybridized carbons (Fsp3) is 1.00. The molecule has 1 heterocycles. The minimum Gasteiger partial charge on any atom is -0.376 e. The van der Waals surface area contributed by atoms with Crippen LogP contribution in [0.1, 0.15) is 58.8 Å². The molecule has 112 valence electrons. The summed E-state index contributed by atoms with van der Waals surface area (Å²) in [4.78, 5) is 0. The van der Waals surface area contributed by atoms with Gasteiger partial charge in [0, 0.05) is 6.54 Å². The van der Waals surface area contributed by atoms with Gasteiger partial charge in [-0.1, -0.05) is 13.8 Å². The van der Waals surface area contributed by atoms with Crippen molar-refractivity contribution in [3.05, 3.63) is 0 Å². The molecule has 0 spiro atoms. The molecule has 3 nitrogen and oxygen atoms in total. The third kappa shape index (κ3) is 5.41. The summed E-state index contributed by atoms with van der Waals surface area (Å²) in [6.07, 6.45) is 9.95. The van der Waals surface area contributed by atoms with Gasteiger partial charge >= 0.3 is 0 Å². The quantitative estimate of drug-likeness (QED) is 0.720. The Hall–Kier alpha value is -0.120. The van der Waals surface area contributed by atoms with Crippen LogP contribution in [0, 0.1) is 5.92 Å². The van der Waals surface area contributed by atoms with Crippen molar-refractivity contribution in [3.63, 3.8) is 0 Å². The van der Waals surface area contributed by atoms with Crippen molar-refractivity contribution in [3.8, 4) is 0 Å². The predicted molar refractivity (Wildman–Crippen MR) is 78.4 cm³/mol. The van der Waals surface area contributed by atoms with Crippen LogP contribution >= 0.6 is 0 Å². The summed E-state index contributed by atoms with van der Waals surface area (Å²) in [7, 11) is 0. The number of rotatable bonds is 7. The smallest absolute Gasteiger partial charge is 0.0814 e. The number of nitrogens with one attached hydrogen (secondary N) is 1. The molecule has 2 atom stereocenters. The van der Waals surface area contributed by atoms with Crippen LogP contribution in [-0.2, 0) is 9.47 Å². The zero-order chi connectivity index (χ0) is 13.5. The van der Waals surface area contributed by atoms with Crippen molar-refractivity contribution in [2.75, 3.05) is 19.7 Å². The van der Waals surface area contributed by atoms with Gasteiger partial charge < -0.3 is 14.8 Å². The zero-order valence-electron chi connectivity index (χ0n) is 12.7. The van der Waals surface area contributed by atoms with E-state index >= 15 is 0 Å². The maximum Gasteiger partial charge on any atom is 0.0814 e. The van der Waals surface area contributed by atoms with E-state index in [1.54, 1.807) is 0 Å². The van der Waals surface area contributed by atoms with E-state index < -0.39 is 0 Å². The fourth-order valence-electron chi connectivity index (χ4n) is 3.13. The minimum absolute atomic E-state index is 0.341. The highest BCUT2D eigenvalue weighted by Gasteiger charge is 2.26. The van der Waals surface area contributed by atoms with Gasteiger partial charge in [0.05, 0.1) is 24.9 Å². The molecule has 2 aliphatic rings. The summed E-state index contributed by atoms with van der Waals surface area (Å²) in [6.45, 7) is 7.46. The van der Waals surface area contributed by atoms with Gasteiger partial charge in [-0.05, 0) is 57.4 Å². The number of hydrogen-bond donors (Lipinski definition) is 1. The molecule has 0 amide bonds. The van der Waals surface area contributed by atoms with E-state index in [0.717, 1.165) is 25.6 Å². The SMILES string of the molecule is CCCNCC1CCC(COC2CCC(C)CC2)O1. The van der Waals surface area contributed by atoms with E-state index in [2.05, 4.69) is 19.2 Å². The fourth-order valence-corrected chi connectivity index (χ4v) is 3.13. The highest BCUT2D eigenvalue weighted by molar-refractivity contribution is 4.76. The first-order valence-corrected chi connectivity index (χ1v) is 8.25. The molecule has 1 aliphatic heterocycles. The van der Waals surface area contributed by atoms with Crippen molar-refractivity contribution in [2.24, 2.45) is 5.92 Å². The Kier molecular flexibility index (Phi) is 6.62. The minimum atomic E-state index is 0.341. The molecule has 3 heteroatoms. The summed E-state index contributed by atoms with van der Waals surface area (Å²) in [5.41, 5.74) is 0. The van der Waals surface area contributed by atoms with Crippen LogP contribution in [0.5, 0.6) is 0 Å². The lowest BCUT2D eigenvalue weighted by atomic mass is 9.89. The van der Waals surface area contributed by atoms with Crippen molar-refractivity contribution >= 4 is 0 Å². The monoisotopic (exact) mass is 269 g/mol. The molecule has 2 unspecified atom stereocenters. The Balaban J connectivity index is 1.55. The standard InChI is InChI=1S/C16H31NO2/c1-3-10-17-11-15-8-9-16(19-15)12-18-14-6-4-13(2)5-7-14/h13-17H,3-12H2,1-2H3. The second-order valence-electron chi connectivity index (χ2n) is 6.38. The molecule has 2 rings (SSSR count). The Labute approximate surface area is 118 Å². The van der Waals surface area contributed by atoms with Crippen LogP contribution in [0.3, 0.4) is 0 Å². The molecule has 1 N–H and O–H groups in total. The molecular weight excluding hydrogens is 238 g/mol.